The summed E-state index contributed by atoms with van der Waals surface area (Å²) in [7, 11) is 0. The van der Waals surface area contributed by atoms with Crippen LogP contribution in [0.25, 0.3) is 0 Å². The molecule has 2 amide bonds. The zero-order chi connectivity index (χ0) is 14.5. The Bertz CT molecular complexity index is 482. The Balaban J connectivity index is 1.92. The predicted octanol–water partition coefficient (Wildman–Crippen LogP) is 2.48. The van der Waals surface area contributed by atoms with Gasteiger partial charge in [-0.3, -0.25) is 9.59 Å². The van der Waals surface area contributed by atoms with Gasteiger partial charge in [0.05, 0.1) is 0 Å². The minimum Gasteiger partial charge on any atom is -0.352 e. The van der Waals surface area contributed by atoms with Gasteiger partial charge >= 0.3 is 0 Å². The van der Waals surface area contributed by atoms with E-state index in [1.54, 1.807) is 0 Å². The third-order valence-corrected chi connectivity index (χ3v) is 3.85. The number of anilines is 1. The van der Waals surface area contributed by atoms with Gasteiger partial charge in [0.2, 0.25) is 11.8 Å². The maximum atomic E-state index is 11.7. The summed E-state index contributed by atoms with van der Waals surface area (Å²) in [5.41, 5.74) is 2.00. The number of carbonyl (C=O) groups is 2. The van der Waals surface area contributed by atoms with Gasteiger partial charge in [-0.05, 0) is 30.5 Å². The maximum Gasteiger partial charge on any atom is 0.227 e. The standard InChI is InChI=1S/C16H22N2O2/c1-3-12(2)16(20)17-11-13-6-8-14(9-7-13)18-10-4-5-15(18)19/h6-9,12H,3-5,10-11H2,1-2H3,(H,17,20). The molecule has 0 aliphatic carbocycles. The molecule has 2 rings (SSSR count). The molecule has 1 fully saturated rings. The molecule has 4 heteroatoms. The Kier molecular flexibility index (Phi) is 4.77. The van der Waals surface area contributed by atoms with E-state index in [1.165, 1.54) is 0 Å². The maximum absolute atomic E-state index is 11.7. The number of rotatable bonds is 5. The molecule has 108 valence electrons. The van der Waals surface area contributed by atoms with Crippen molar-refractivity contribution in [3.63, 3.8) is 0 Å². The predicted molar refractivity (Wildman–Crippen MR) is 79.3 cm³/mol. The number of carbonyl (C=O) groups excluding carboxylic acids is 2. The van der Waals surface area contributed by atoms with Crippen LogP contribution in [0.3, 0.4) is 0 Å². The van der Waals surface area contributed by atoms with Crippen molar-refractivity contribution in [1.29, 1.82) is 0 Å². The number of hydrogen-bond acceptors (Lipinski definition) is 2. The Morgan fingerprint density at radius 3 is 2.60 bits per heavy atom. The van der Waals surface area contributed by atoms with Crippen LogP contribution in [-0.2, 0) is 16.1 Å². The fourth-order valence-electron chi connectivity index (χ4n) is 2.26. The van der Waals surface area contributed by atoms with E-state index in [2.05, 4.69) is 5.32 Å². The molecule has 0 saturated carbocycles. The van der Waals surface area contributed by atoms with Crippen LogP contribution in [-0.4, -0.2) is 18.4 Å². The van der Waals surface area contributed by atoms with Gasteiger partial charge in [0.1, 0.15) is 0 Å². The van der Waals surface area contributed by atoms with Gasteiger partial charge in [0, 0.05) is 31.1 Å². The van der Waals surface area contributed by atoms with Crippen molar-refractivity contribution < 1.29 is 9.59 Å². The number of hydrogen-bond donors (Lipinski definition) is 1. The van der Waals surface area contributed by atoms with Gasteiger partial charge in [-0.2, -0.15) is 0 Å². The fourth-order valence-corrected chi connectivity index (χ4v) is 2.26. The molecule has 0 radical (unpaired) electrons. The van der Waals surface area contributed by atoms with Crippen molar-refractivity contribution in [2.45, 2.75) is 39.7 Å². The molecule has 20 heavy (non-hydrogen) atoms. The highest BCUT2D eigenvalue weighted by Gasteiger charge is 2.21. The Morgan fingerprint density at radius 1 is 1.35 bits per heavy atom. The highest BCUT2D eigenvalue weighted by molar-refractivity contribution is 5.95. The summed E-state index contributed by atoms with van der Waals surface area (Å²) in [5.74, 6) is 0.339. The van der Waals surface area contributed by atoms with Crippen molar-refractivity contribution in [3.05, 3.63) is 29.8 Å². The first-order valence-corrected chi connectivity index (χ1v) is 7.29. The number of benzene rings is 1. The summed E-state index contributed by atoms with van der Waals surface area (Å²) in [6.45, 7) is 5.28. The van der Waals surface area contributed by atoms with Gasteiger partial charge in [-0.1, -0.05) is 26.0 Å². The highest BCUT2D eigenvalue weighted by atomic mass is 16.2. The first-order valence-electron chi connectivity index (χ1n) is 7.29. The average Bonchev–Trinajstić information content (AvgIpc) is 2.90. The third-order valence-electron chi connectivity index (χ3n) is 3.85. The van der Waals surface area contributed by atoms with Crippen LogP contribution in [0.2, 0.25) is 0 Å². The minimum absolute atomic E-state index is 0.0523. The molecule has 1 heterocycles. The molecule has 4 nitrogen and oxygen atoms in total. The number of nitrogens with zero attached hydrogens (tertiary/aromatic N) is 1. The second-order valence-electron chi connectivity index (χ2n) is 5.34. The molecular weight excluding hydrogens is 252 g/mol. The summed E-state index contributed by atoms with van der Waals surface area (Å²) < 4.78 is 0. The normalized spacial score (nSPS) is 16.3. The van der Waals surface area contributed by atoms with Crippen molar-refractivity contribution in [3.8, 4) is 0 Å². The summed E-state index contributed by atoms with van der Waals surface area (Å²) in [6.07, 6.45) is 2.43. The Hall–Kier alpha value is -1.84. The van der Waals surface area contributed by atoms with Gasteiger partial charge in [-0.15, -0.1) is 0 Å². The Morgan fingerprint density at radius 2 is 2.05 bits per heavy atom. The third kappa shape index (κ3) is 3.38. The van der Waals surface area contributed by atoms with Crippen LogP contribution >= 0.6 is 0 Å². The lowest BCUT2D eigenvalue weighted by Crippen LogP contribution is -2.28. The topological polar surface area (TPSA) is 49.4 Å². The van der Waals surface area contributed by atoms with Crippen molar-refractivity contribution in [1.82, 2.24) is 5.32 Å². The van der Waals surface area contributed by atoms with E-state index in [-0.39, 0.29) is 17.7 Å². The molecule has 1 aliphatic heterocycles. The van der Waals surface area contributed by atoms with Crippen LogP contribution in [0.4, 0.5) is 5.69 Å². The van der Waals surface area contributed by atoms with Crippen molar-refractivity contribution >= 4 is 17.5 Å². The molecule has 1 N–H and O–H groups in total. The zero-order valence-electron chi connectivity index (χ0n) is 12.2. The van der Waals surface area contributed by atoms with E-state index in [0.717, 1.165) is 30.6 Å². The summed E-state index contributed by atoms with van der Waals surface area (Å²) in [4.78, 5) is 25.2. The summed E-state index contributed by atoms with van der Waals surface area (Å²) in [6, 6.07) is 7.84. The quantitative estimate of drug-likeness (QED) is 0.896. The molecule has 1 aliphatic rings. The number of amides is 2. The van der Waals surface area contributed by atoms with E-state index in [9.17, 15) is 9.59 Å². The molecule has 1 aromatic carbocycles. The lowest BCUT2D eigenvalue weighted by Gasteiger charge is -2.16. The highest BCUT2D eigenvalue weighted by Crippen LogP contribution is 2.21. The van der Waals surface area contributed by atoms with E-state index in [0.29, 0.717) is 13.0 Å². The van der Waals surface area contributed by atoms with Gasteiger partial charge < -0.3 is 10.2 Å². The lowest BCUT2D eigenvalue weighted by molar-refractivity contribution is -0.124. The van der Waals surface area contributed by atoms with Crippen LogP contribution in [0.1, 0.15) is 38.7 Å². The fraction of sp³-hybridized carbons (Fsp3) is 0.500. The van der Waals surface area contributed by atoms with E-state index in [4.69, 9.17) is 0 Å². The van der Waals surface area contributed by atoms with E-state index >= 15 is 0 Å². The molecule has 1 aromatic rings. The largest absolute Gasteiger partial charge is 0.352 e. The summed E-state index contributed by atoms with van der Waals surface area (Å²) >= 11 is 0. The molecule has 0 aromatic heterocycles. The second-order valence-corrected chi connectivity index (χ2v) is 5.34. The van der Waals surface area contributed by atoms with Crippen LogP contribution < -0.4 is 10.2 Å². The number of nitrogens with one attached hydrogen (secondary N) is 1. The summed E-state index contributed by atoms with van der Waals surface area (Å²) in [5, 5.41) is 2.93. The zero-order valence-corrected chi connectivity index (χ0v) is 12.2. The van der Waals surface area contributed by atoms with Gasteiger partial charge in [0.15, 0.2) is 0 Å². The average molecular weight is 274 g/mol. The minimum atomic E-state index is 0.0523. The van der Waals surface area contributed by atoms with Crippen LogP contribution in [0.15, 0.2) is 24.3 Å². The van der Waals surface area contributed by atoms with E-state index in [1.807, 2.05) is 43.0 Å². The van der Waals surface area contributed by atoms with Crippen LogP contribution in [0, 0.1) is 5.92 Å². The first-order chi connectivity index (χ1) is 9.61. The molecule has 1 unspecified atom stereocenters. The molecule has 1 atom stereocenters. The van der Waals surface area contributed by atoms with Crippen LogP contribution in [0.5, 0.6) is 0 Å². The molecule has 0 bridgehead atoms. The first kappa shape index (κ1) is 14.6. The SMILES string of the molecule is CCC(C)C(=O)NCc1ccc(N2CCCC2=O)cc1. The van der Waals surface area contributed by atoms with Gasteiger partial charge in [0.25, 0.3) is 0 Å². The monoisotopic (exact) mass is 274 g/mol. The molecule has 1 saturated heterocycles. The van der Waals surface area contributed by atoms with E-state index < -0.39 is 0 Å². The van der Waals surface area contributed by atoms with Gasteiger partial charge in [-0.25, -0.2) is 0 Å². The lowest BCUT2D eigenvalue weighted by atomic mass is 10.1. The smallest absolute Gasteiger partial charge is 0.227 e. The Labute approximate surface area is 120 Å². The molecular formula is C16H22N2O2. The second kappa shape index (κ2) is 6.55. The van der Waals surface area contributed by atoms with Crippen molar-refractivity contribution in [2.24, 2.45) is 5.92 Å². The molecule has 0 spiro atoms. The van der Waals surface area contributed by atoms with Crippen molar-refractivity contribution in [2.75, 3.05) is 11.4 Å².